The van der Waals surface area contributed by atoms with Gasteiger partial charge in [-0.1, -0.05) is 0 Å². The second-order valence-electron chi connectivity index (χ2n) is 5.62. The minimum Gasteiger partial charge on any atom is -0.297 e. The predicted octanol–water partition coefficient (Wildman–Crippen LogP) is 1.10. The molecule has 0 saturated heterocycles. The molecule has 8 heteroatoms. The second-order valence-corrected chi connectivity index (χ2v) is 8.55. The Kier molecular flexibility index (Phi) is 3.92. The Balaban J connectivity index is 1.88. The van der Waals surface area contributed by atoms with Crippen molar-refractivity contribution in [2.45, 2.75) is 31.6 Å². The van der Waals surface area contributed by atoms with Crippen LogP contribution < -0.4 is 5.56 Å². The van der Waals surface area contributed by atoms with Crippen molar-refractivity contribution in [3.63, 3.8) is 0 Å². The molecule has 118 valence electrons. The molecule has 0 aromatic carbocycles. The van der Waals surface area contributed by atoms with Gasteiger partial charge in [-0.2, -0.15) is 0 Å². The molecule has 1 aliphatic rings. The van der Waals surface area contributed by atoms with Crippen LogP contribution in [0.5, 0.6) is 0 Å². The summed E-state index contributed by atoms with van der Waals surface area (Å²) in [6.45, 7) is 4.12. The van der Waals surface area contributed by atoms with Gasteiger partial charge in [-0.3, -0.25) is 14.7 Å². The third-order valence-electron chi connectivity index (χ3n) is 3.65. The average molecular weight is 339 g/mol. The number of thiophene rings is 1. The molecule has 1 N–H and O–H groups in total. The van der Waals surface area contributed by atoms with E-state index >= 15 is 0 Å². The van der Waals surface area contributed by atoms with Crippen molar-refractivity contribution in [2.24, 2.45) is 0 Å². The lowest BCUT2D eigenvalue weighted by molar-refractivity contribution is 0.241. The SMILES string of the molecule is Cc1csc(CN2CCc3c(nc(S(C)(=O)=O)[nH]c3=O)C2)c1. The lowest BCUT2D eigenvalue weighted by atomic mass is 10.1. The fraction of sp³-hybridized carbons (Fsp3) is 0.429. The van der Waals surface area contributed by atoms with Gasteiger partial charge in [-0.25, -0.2) is 13.4 Å². The van der Waals surface area contributed by atoms with E-state index in [1.54, 1.807) is 11.3 Å². The topological polar surface area (TPSA) is 83.1 Å². The quantitative estimate of drug-likeness (QED) is 0.847. The maximum Gasteiger partial charge on any atom is 0.255 e. The Labute approximate surface area is 132 Å². The molecule has 2 aromatic rings. The number of nitrogens with one attached hydrogen (secondary N) is 1. The van der Waals surface area contributed by atoms with Crippen LogP contribution in [0.25, 0.3) is 0 Å². The van der Waals surface area contributed by atoms with E-state index in [2.05, 4.69) is 33.2 Å². The highest BCUT2D eigenvalue weighted by Crippen LogP contribution is 2.20. The fourth-order valence-corrected chi connectivity index (χ4v) is 4.05. The van der Waals surface area contributed by atoms with Gasteiger partial charge in [0.15, 0.2) is 0 Å². The number of nitrogens with zero attached hydrogens (tertiary/aromatic N) is 2. The van der Waals surface area contributed by atoms with Crippen LogP contribution in [-0.4, -0.2) is 36.1 Å². The van der Waals surface area contributed by atoms with Crippen LogP contribution in [0.3, 0.4) is 0 Å². The van der Waals surface area contributed by atoms with Crippen molar-refractivity contribution in [2.75, 3.05) is 12.8 Å². The summed E-state index contributed by atoms with van der Waals surface area (Å²) in [6, 6.07) is 2.15. The Morgan fingerprint density at radius 2 is 2.23 bits per heavy atom. The fourth-order valence-electron chi connectivity index (χ4n) is 2.58. The smallest absolute Gasteiger partial charge is 0.255 e. The van der Waals surface area contributed by atoms with E-state index in [0.717, 1.165) is 19.3 Å². The molecule has 0 aliphatic carbocycles. The normalized spacial score (nSPS) is 15.7. The Morgan fingerprint density at radius 3 is 2.86 bits per heavy atom. The van der Waals surface area contributed by atoms with E-state index in [1.807, 2.05) is 0 Å². The number of sulfone groups is 1. The van der Waals surface area contributed by atoms with Gasteiger partial charge >= 0.3 is 0 Å². The van der Waals surface area contributed by atoms with Crippen LogP contribution in [0.2, 0.25) is 0 Å². The number of H-pyrrole nitrogens is 1. The van der Waals surface area contributed by atoms with E-state index in [1.165, 1.54) is 10.4 Å². The van der Waals surface area contributed by atoms with Gasteiger partial charge in [-0.15, -0.1) is 11.3 Å². The first-order valence-electron chi connectivity index (χ1n) is 6.91. The van der Waals surface area contributed by atoms with Gasteiger partial charge in [0.25, 0.3) is 5.56 Å². The molecule has 0 fully saturated rings. The maximum absolute atomic E-state index is 12.0. The van der Waals surface area contributed by atoms with E-state index in [4.69, 9.17) is 0 Å². The van der Waals surface area contributed by atoms with Crippen LogP contribution in [-0.2, 0) is 29.3 Å². The molecule has 6 nitrogen and oxygen atoms in total. The van der Waals surface area contributed by atoms with Crippen molar-refractivity contribution in [1.29, 1.82) is 0 Å². The largest absolute Gasteiger partial charge is 0.297 e. The first-order chi connectivity index (χ1) is 10.3. The van der Waals surface area contributed by atoms with Crippen molar-refractivity contribution in [1.82, 2.24) is 14.9 Å². The maximum atomic E-state index is 12.0. The van der Waals surface area contributed by atoms with Gasteiger partial charge in [0, 0.05) is 36.3 Å². The highest BCUT2D eigenvalue weighted by Gasteiger charge is 2.23. The van der Waals surface area contributed by atoms with Crippen LogP contribution in [0, 0.1) is 6.92 Å². The summed E-state index contributed by atoms with van der Waals surface area (Å²) in [5.74, 6) is 0. The monoisotopic (exact) mass is 339 g/mol. The molecule has 0 amide bonds. The molecule has 0 atom stereocenters. The number of aromatic amines is 1. The van der Waals surface area contributed by atoms with Crippen LogP contribution >= 0.6 is 11.3 Å². The van der Waals surface area contributed by atoms with Gasteiger partial charge in [0.1, 0.15) is 0 Å². The van der Waals surface area contributed by atoms with Crippen molar-refractivity contribution < 1.29 is 8.42 Å². The molecule has 3 rings (SSSR count). The summed E-state index contributed by atoms with van der Waals surface area (Å²) in [4.78, 5) is 22.0. The molecular formula is C14H17N3O3S2. The average Bonchev–Trinajstić information content (AvgIpc) is 2.82. The van der Waals surface area contributed by atoms with Gasteiger partial charge in [0.05, 0.1) is 5.69 Å². The molecule has 3 heterocycles. The van der Waals surface area contributed by atoms with Crippen LogP contribution in [0.15, 0.2) is 21.4 Å². The molecular weight excluding hydrogens is 322 g/mol. The Morgan fingerprint density at radius 1 is 1.45 bits per heavy atom. The zero-order valence-corrected chi connectivity index (χ0v) is 14.1. The number of hydrogen-bond acceptors (Lipinski definition) is 6. The molecule has 0 radical (unpaired) electrons. The van der Waals surface area contributed by atoms with Crippen molar-refractivity contribution in [3.8, 4) is 0 Å². The summed E-state index contributed by atoms with van der Waals surface area (Å²) >= 11 is 1.71. The summed E-state index contributed by atoms with van der Waals surface area (Å²) in [7, 11) is -3.51. The number of fused-ring (bicyclic) bond motifs is 1. The zero-order valence-electron chi connectivity index (χ0n) is 12.4. The van der Waals surface area contributed by atoms with E-state index in [9.17, 15) is 13.2 Å². The third-order valence-corrected chi connectivity index (χ3v) is 5.58. The molecule has 0 unspecified atom stereocenters. The van der Waals surface area contributed by atoms with Crippen molar-refractivity contribution in [3.05, 3.63) is 43.5 Å². The molecule has 0 spiro atoms. The third kappa shape index (κ3) is 3.13. The van der Waals surface area contributed by atoms with E-state index < -0.39 is 9.84 Å². The van der Waals surface area contributed by atoms with Crippen LogP contribution in [0.4, 0.5) is 0 Å². The Hall–Kier alpha value is -1.51. The van der Waals surface area contributed by atoms with Crippen molar-refractivity contribution >= 4 is 21.2 Å². The Bertz CT molecular complexity index is 868. The minimum atomic E-state index is -3.51. The van der Waals surface area contributed by atoms with E-state index in [0.29, 0.717) is 24.2 Å². The lowest BCUT2D eigenvalue weighted by Crippen LogP contribution is -2.35. The number of aryl methyl sites for hydroxylation is 1. The highest BCUT2D eigenvalue weighted by atomic mass is 32.2. The predicted molar refractivity (Wildman–Crippen MR) is 84.8 cm³/mol. The number of aromatic nitrogens is 2. The molecule has 0 saturated carbocycles. The second kappa shape index (κ2) is 5.60. The summed E-state index contributed by atoms with van der Waals surface area (Å²) < 4.78 is 23.2. The summed E-state index contributed by atoms with van der Waals surface area (Å²) in [5, 5.41) is 1.86. The number of rotatable bonds is 3. The molecule has 1 aliphatic heterocycles. The number of hydrogen-bond donors (Lipinski definition) is 1. The highest BCUT2D eigenvalue weighted by molar-refractivity contribution is 7.90. The summed E-state index contributed by atoms with van der Waals surface area (Å²) in [6.07, 6.45) is 1.64. The van der Waals surface area contributed by atoms with Gasteiger partial charge in [0.2, 0.25) is 15.0 Å². The standard InChI is InChI=1S/C14H17N3O3S2/c1-9-5-10(21-8-9)6-17-4-3-11-12(7-17)15-14(16-13(11)18)22(2,19)20/h5,8H,3-4,6-7H2,1-2H3,(H,15,16,18). The first-order valence-corrected chi connectivity index (χ1v) is 9.68. The van der Waals surface area contributed by atoms with Gasteiger partial charge in [-0.05, 0) is 30.4 Å². The van der Waals surface area contributed by atoms with Crippen LogP contribution in [0.1, 0.15) is 21.7 Å². The molecule has 0 bridgehead atoms. The van der Waals surface area contributed by atoms with E-state index in [-0.39, 0.29) is 10.7 Å². The van der Waals surface area contributed by atoms with Gasteiger partial charge < -0.3 is 0 Å². The zero-order chi connectivity index (χ0) is 15.9. The minimum absolute atomic E-state index is 0.245. The first kappa shape index (κ1) is 15.4. The molecule has 2 aromatic heterocycles. The summed E-state index contributed by atoms with van der Waals surface area (Å²) in [5.41, 5.74) is 2.08. The lowest BCUT2D eigenvalue weighted by Gasteiger charge is -2.27. The molecule has 22 heavy (non-hydrogen) atoms.